The quantitative estimate of drug-likeness (QED) is 0.796. The number of rotatable bonds is 7. The fourth-order valence-corrected chi connectivity index (χ4v) is 3.72. The van der Waals surface area contributed by atoms with E-state index in [2.05, 4.69) is 0 Å². The Bertz CT molecular complexity index is 638. The molecular formula is C14H19NO6S. The summed E-state index contributed by atoms with van der Waals surface area (Å²) in [5.74, 6) is -0.608. The van der Waals surface area contributed by atoms with E-state index in [0.29, 0.717) is 5.75 Å². The van der Waals surface area contributed by atoms with Gasteiger partial charge in [-0.1, -0.05) is 6.07 Å². The van der Waals surface area contributed by atoms with Gasteiger partial charge in [0.25, 0.3) is 0 Å². The van der Waals surface area contributed by atoms with Crippen molar-refractivity contribution in [3.63, 3.8) is 0 Å². The number of hydrogen-bond donors (Lipinski definition) is 1. The van der Waals surface area contributed by atoms with Crippen molar-refractivity contribution >= 4 is 16.0 Å². The lowest BCUT2D eigenvalue weighted by Crippen LogP contribution is -2.58. The Morgan fingerprint density at radius 1 is 1.45 bits per heavy atom. The second-order valence-corrected chi connectivity index (χ2v) is 7.55. The monoisotopic (exact) mass is 329 g/mol. The highest BCUT2D eigenvalue weighted by atomic mass is 32.2. The van der Waals surface area contributed by atoms with Gasteiger partial charge in [-0.05, 0) is 25.1 Å². The second kappa shape index (κ2) is 6.64. The fourth-order valence-electron chi connectivity index (χ4n) is 2.15. The zero-order chi connectivity index (χ0) is 16.3. The number of carboxylic acids is 1. The van der Waals surface area contributed by atoms with E-state index >= 15 is 0 Å². The Labute approximate surface area is 129 Å². The number of carbonyl (C=O) groups is 1. The maximum atomic E-state index is 12.2. The second-order valence-electron chi connectivity index (χ2n) is 5.20. The summed E-state index contributed by atoms with van der Waals surface area (Å²) in [5.41, 5.74) is 0.134. The molecule has 1 atom stereocenters. The van der Waals surface area contributed by atoms with Gasteiger partial charge in [-0.15, -0.1) is 0 Å². The summed E-state index contributed by atoms with van der Waals surface area (Å²) in [6.45, 7) is 2.26. The zero-order valence-corrected chi connectivity index (χ0v) is 13.2. The third-order valence-electron chi connectivity index (χ3n) is 3.47. The Hall–Kier alpha value is -1.64. The standard InChI is InChI=1S/C14H19NO6S/c1-10(9-20-2)22(18,19)15-7-13(8-15)21-12-5-3-4-11(6-12)14(16)17/h3-6,10,13H,7-9H2,1-2H3,(H,16,17). The van der Waals surface area contributed by atoms with Gasteiger partial charge in [0, 0.05) is 7.11 Å². The topological polar surface area (TPSA) is 93.1 Å². The van der Waals surface area contributed by atoms with Gasteiger partial charge in [-0.2, -0.15) is 4.31 Å². The van der Waals surface area contributed by atoms with Crippen LogP contribution in [0.2, 0.25) is 0 Å². The molecule has 1 aromatic carbocycles. The number of aromatic carboxylic acids is 1. The molecule has 0 spiro atoms. The van der Waals surface area contributed by atoms with Gasteiger partial charge >= 0.3 is 5.97 Å². The average Bonchev–Trinajstić information content (AvgIpc) is 2.42. The summed E-state index contributed by atoms with van der Waals surface area (Å²) in [7, 11) is -1.92. The van der Waals surface area contributed by atoms with Crippen LogP contribution in [0.1, 0.15) is 17.3 Å². The smallest absolute Gasteiger partial charge is 0.335 e. The molecule has 0 saturated carbocycles. The first-order chi connectivity index (χ1) is 10.3. The predicted octanol–water partition coefficient (Wildman–Crippen LogP) is 0.812. The molecule has 22 heavy (non-hydrogen) atoms. The third kappa shape index (κ3) is 3.57. The molecule has 122 valence electrons. The van der Waals surface area contributed by atoms with Gasteiger partial charge in [0.15, 0.2) is 0 Å². The molecule has 1 heterocycles. The number of nitrogens with zero attached hydrogens (tertiary/aromatic N) is 1. The number of ether oxygens (including phenoxy) is 2. The summed E-state index contributed by atoms with van der Waals surface area (Å²) < 4.78 is 36.1. The molecule has 0 amide bonds. The molecule has 1 unspecified atom stereocenters. The van der Waals surface area contributed by atoms with Gasteiger partial charge in [0.1, 0.15) is 11.9 Å². The van der Waals surface area contributed by atoms with E-state index in [9.17, 15) is 13.2 Å². The summed E-state index contributed by atoms with van der Waals surface area (Å²) in [6.07, 6.45) is -0.270. The molecule has 1 N–H and O–H groups in total. The van der Waals surface area contributed by atoms with Crippen molar-refractivity contribution < 1.29 is 27.8 Å². The lowest BCUT2D eigenvalue weighted by Gasteiger charge is -2.39. The highest BCUT2D eigenvalue weighted by Gasteiger charge is 2.40. The molecule has 1 aromatic rings. The number of benzene rings is 1. The van der Waals surface area contributed by atoms with Crippen LogP contribution in [0.25, 0.3) is 0 Å². The van der Waals surface area contributed by atoms with Gasteiger partial charge in [-0.25, -0.2) is 13.2 Å². The van der Waals surface area contributed by atoms with Crippen LogP contribution in [0, 0.1) is 0 Å². The Kier molecular flexibility index (Phi) is 5.05. The van der Waals surface area contributed by atoms with Crippen LogP contribution in [-0.4, -0.2) is 62.0 Å². The lowest BCUT2D eigenvalue weighted by molar-refractivity contribution is 0.0685. The highest BCUT2D eigenvalue weighted by Crippen LogP contribution is 2.23. The van der Waals surface area contributed by atoms with Gasteiger partial charge < -0.3 is 14.6 Å². The lowest BCUT2D eigenvalue weighted by atomic mass is 10.2. The predicted molar refractivity (Wildman–Crippen MR) is 79.6 cm³/mol. The highest BCUT2D eigenvalue weighted by molar-refractivity contribution is 7.89. The molecule has 2 rings (SSSR count). The summed E-state index contributed by atoms with van der Waals surface area (Å²) in [6, 6.07) is 6.13. The van der Waals surface area contributed by atoms with E-state index in [0.717, 1.165) is 0 Å². The minimum atomic E-state index is -3.38. The molecule has 1 saturated heterocycles. The van der Waals surface area contributed by atoms with Gasteiger partial charge in [0.2, 0.25) is 10.0 Å². The van der Waals surface area contributed by atoms with E-state index in [1.54, 1.807) is 19.1 Å². The van der Waals surface area contributed by atoms with Crippen molar-refractivity contribution in [1.82, 2.24) is 4.31 Å². The maximum Gasteiger partial charge on any atom is 0.335 e. The van der Waals surface area contributed by atoms with Crippen molar-refractivity contribution in [3.05, 3.63) is 29.8 Å². The van der Waals surface area contributed by atoms with Crippen LogP contribution in [0.5, 0.6) is 5.75 Å². The minimum Gasteiger partial charge on any atom is -0.488 e. The first kappa shape index (κ1) is 16.7. The van der Waals surface area contributed by atoms with E-state index in [4.69, 9.17) is 14.6 Å². The van der Waals surface area contributed by atoms with Crippen molar-refractivity contribution in [3.8, 4) is 5.75 Å². The maximum absolute atomic E-state index is 12.2. The van der Waals surface area contributed by atoms with Crippen LogP contribution in [0.15, 0.2) is 24.3 Å². The Morgan fingerprint density at radius 3 is 2.73 bits per heavy atom. The molecule has 0 aliphatic carbocycles. The summed E-state index contributed by atoms with van der Waals surface area (Å²) >= 11 is 0. The third-order valence-corrected chi connectivity index (χ3v) is 5.64. The van der Waals surface area contributed by atoms with Crippen molar-refractivity contribution in [2.45, 2.75) is 18.3 Å². The number of hydrogen-bond acceptors (Lipinski definition) is 5. The Morgan fingerprint density at radius 2 is 2.14 bits per heavy atom. The van der Waals surface area contributed by atoms with E-state index in [1.807, 2.05) is 0 Å². The molecule has 1 fully saturated rings. The molecule has 8 heteroatoms. The molecule has 1 aliphatic heterocycles. The van der Waals surface area contributed by atoms with Gasteiger partial charge in [-0.3, -0.25) is 0 Å². The molecule has 0 radical (unpaired) electrons. The summed E-state index contributed by atoms with van der Waals surface area (Å²) in [5, 5.41) is 8.32. The van der Waals surface area contributed by atoms with Crippen molar-refractivity contribution in [1.29, 1.82) is 0 Å². The number of carboxylic acid groups (broad SMARTS) is 1. The van der Waals surface area contributed by atoms with Crippen LogP contribution < -0.4 is 4.74 Å². The van der Waals surface area contributed by atoms with Crippen LogP contribution in [0.4, 0.5) is 0 Å². The van der Waals surface area contributed by atoms with E-state index < -0.39 is 21.2 Å². The molecular weight excluding hydrogens is 310 g/mol. The number of sulfonamides is 1. The van der Waals surface area contributed by atoms with Crippen LogP contribution >= 0.6 is 0 Å². The fraction of sp³-hybridized carbons (Fsp3) is 0.500. The normalized spacial score (nSPS) is 17.7. The molecule has 7 nitrogen and oxygen atoms in total. The van der Waals surface area contributed by atoms with Crippen molar-refractivity contribution in [2.24, 2.45) is 0 Å². The SMILES string of the molecule is COCC(C)S(=O)(=O)N1CC(Oc2cccc(C(=O)O)c2)C1. The molecule has 1 aliphatic rings. The minimum absolute atomic E-state index is 0.134. The molecule has 0 bridgehead atoms. The van der Waals surface area contributed by atoms with E-state index in [1.165, 1.54) is 23.5 Å². The average molecular weight is 329 g/mol. The zero-order valence-electron chi connectivity index (χ0n) is 12.4. The number of methoxy groups -OCH3 is 1. The first-order valence-corrected chi connectivity index (χ1v) is 8.33. The van der Waals surface area contributed by atoms with Crippen LogP contribution in [-0.2, 0) is 14.8 Å². The Balaban J connectivity index is 1.92. The first-order valence-electron chi connectivity index (χ1n) is 6.82. The van der Waals surface area contributed by atoms with Crippen molar-refractivity contribution in [2.75, 3.05) is 26.8 Å². The van der Waals surface area contributed by atoms with Crippen LogP contribution in [0.3, 0.4) is 0 Å². The molecule has 0 aromatic heterocycles. The summed E-state index contributed by atoms with van der Waals surface area (Å²) in [4.78, 5) is 10.9. The van der Waals surface area contributed by atoms with E-state index in [-0.39, 0.29) is 31.4 Å². The largest absolute Gasteiger partial charge is 0.488 e. The van der Waals surface area contributed by atoms with Gasteiger partial charge in [0.05, 0.1) is 30.5 Å².